The predicted octanol–water partition coefficient (Wildman–Crippen LogP) is 4.06. The molecule has 0 atom stereocenters. The molecule has 0 fully saturated rings. The molecule has 1 heterocycles. The van der Waals surface area contributed by atoms with Gasteiger partial charge in [-0.15, -0.1) is 0 Å². The maximum Gasteiger partial charge on any atom is 0.167 e. The van der Waals surface area contributed by atoms with Gasteiger partial charge >= 0.3 is 0 Å². The second-order valence-corrected chi connectivity index (χ2v) is 6.01. The molecule has 0 radical (unpaired) electrons. The lowest BCUT2D eigenvalue weighted by Gasteiger charge is -2.17. The highest BCUT2D eigenvalue weighted by molar-refractivity contribution is 6.42. The van der Waals surface area contributed by atoms with Crippen LogP contribution in [-0.4, -0.2) is 12.3 Å². The Hall–Kier alpha value is -1.35. The smallest absolute Gasteiger partial charge is 0.167 e. The van der Waals surface area contributed by atoms with Crippen molar-refractivity contribution in [2.24, 2.45) is 0 Å². The topological polar surface area (TPSA) is 29.1 Å². The largest absolute Gasteiger partial charge is 0.312 e. The molecule has 0 saturated heterocycles. The number of hydrogen-bond donors (Lipinski definition) is 1. The second kappa shape index (κ2) is 6.18. The number of ketones is 1. The molecule has 108 valence electrons. The Labute approximate surface area is 134 Å². The van der Waals surface area contributed by atoms with Crippen LogP contribution >= 0.6 is 23.2 Å². The summed E-state index contributed by atoms with van der Waals surface area (Å²) in [4.78, 5) is 12.4. The number of halogens is 2. The van der Waals surface area contributed by atoms with E-state index in [4.69, 9.17) is 23.2 Å². The number of rotatable bonds is 3. The van der Waals surface area contributed by atoms with Crippen LogP contribution in [0.5, 0.6) is 0 Å². The summed E-state index contributed by atoms with van der Waals surface area (Å²) in [7, 11) is 0. The fourth-order valence-electron chi connectivity index (χ4n) is 2.61. The van der Waals surface area contributed by atoms with Crippen LogP contribution in [0.25, 0.3) is 0 Å². The normalized spacial score (nSPS) is 13.8. The van der Waals surface area contributed by atoms with E-state index < -0.39 is 0 Å². The quantitative estimate of drug-likeness (QED) is 0.864. The molecule has 4 heteroatoms. The van der Waals surface area contributed by atoms with Crippen molar-refractivity contribution in [3.8, 4) is 0 Å². The van der Waals surface area contributed by atoms with Gasteiger partial charge in [-0.05, 0) is 41.8 Å². The highest BCUT2D eigenvalue weighted by atomic mass is 35.5. The Kier molecular flexibility index (Phi) is 4.29. The van der Waals surface area contributed by atoms with E-state index in [-0.39, 0.29) is 12.2 Å². The monoisotopic (exact) mass is 319 g/mol. The highest BCUT2D eigenvalue weighted by Gasteiger charge is 2.14. The van der Waals surface area contributed by atoms with Crippen LogP contribution in [0.15, 0.2) is 36.4 Å². The van der Waals surface area contributed by atoms with Gasteiger partial charge in [0.2, 0.25) is 0 Å². The molecule has 2 aromatic carbocycles. The molecule has 1 aliphatic heterocycles. The summed E-state index contributed by atoms with van der Waals surface area (Å²) in [5, 5.41) is 4.27. The van der Waals surface area contributed by atoms with E-state index >= 15 is 0 Å². The number of fused-ring (bicyclic) bond motifs is 1. The van der Waals surface area contributed by atoms with E-state index in [1.807, 2.05) is 24.3 Å². The minimum absolute atomic E-state index is 0.0625. The molecule has 0 bridgehead atoms. The first-order chi connectivity index (χ1) is 10.1. The lowest BCUT2D eigenvalue weighted by molar-refractivity contribution is 0.0993. The van der Waals surface area contributed by atoms with E-state index in [0.29, 0.717) is 10.0 Å². The van der Waals surface area contributed by atoms with Crippen LogP contribution in [0.3, 0.4) is 0 Å². The fraction of sp³-hybridized carbons (Fsp3) is 0.235. The molecule has 1 aliphatic rings. The van der Waals surface area contributed by atoms with Crippen molar-refractivity contribution in [3.05, 3.63) is 68.7 Å². The Morgan fingerprint density at radius 2 is 2.00 bits per heavy atom. The number of carbonyl (C=O) groups is 1. The third kappa shape index (κ3) is 3.13. The Balaban J connectivity index is 1.84. The van der Waals surface area contributed by atoms with Gasteiger partial charge in [0.15, 0.2) is 5.78 Å². The van der Waals surface area contributed by atoms with Gasteiger partial charge in [0.05, 0.1) is 10.0 Å². The third-order valence-electron chi connectivity index (χ3n) is 3.80. The molecule has 2 aromatic rings. The van der Waals surface area contributed by atoms with Gasteiger partial charge in [-0.1, -0.05) is 47.5 Å². The predicted molar refractivity (Wildman–Crippen MR) is 86.3 cm³/mol. The van der Waals surface area contributed by atoms with E-state index in [1.54, 1.807) is 6.07 Å². The minimum atomic E-state index is 0.0625. The number of benzene rings is 2. The maximum atomic E-state index is 12.4. The number of carbonyl (C=O) groups excluding carboxylic acids is 1. The first-order valence-corrected chi connectivity index (χ1v) is 7.69. The van der Waals surface area contributed by atoms with E-state index in [1.165, 1.54) is 11.1 Å². The van der Waals surface area contributed by atoms with Crippen LogP contribution in [0.4, 0.5) is 0 Å². The molecule has 0 spiro atoms. The summed E-state index contributed by atoms with van der Waals surface area (Å²) >= 11 is 12.1. The molecule has 0 aromatic heterocycles. The molecule has 21 heavy (non-hydrogen) atoms. The van der Waals surface area contributed by atoms with Crippen LogP contribution in [0, 0.1) is 0 Å². The van der Waals surface area contributed by atoms with Crippen molar-refractivity contribution in [2.45, 2.75) is 19.4 Å². The van der Waals surface area contributed by atoms with E-state index in [2.05, 4.69) is 11.4 Å². The standard InChI is InChI=1S/C17H15Cl2NO/c18-15-3-1-2-13(17(15)19)9-16(21)12-5-4-11-6-7-20-10-14(11)8-12/h1-5,8,20H,6-7,9-10H2. The first kappa shape index (κ1) is 14.6. The zero-order chi connectivity index (χ0) is 14.8. The number of hydrogen-bond acceptors (Lipinski definition) is 2. The van der Waals surface area contributed by atoms with E-state index in [9.17, 15) is 4.79 Å². The fourth-order valence-corrected chi connectivity index (χ4v) is 3.00. The Morgan fingerprint density at radius 3 is 2.86 bits per heavy atom. The molecule has 2 nitrogen and oxygen atoms in total. The van der Waals surface area contributed by atoms with E-state index in [0.717, 1.165) is 30.6 Å². The lowest BCUT2D eigenvalue weighted by Crippen LogP contribution is -2.23. The summed E-state index contributed by atoms with van der Waals surface area (Å²) in [6.07, 6.45) is 1.29. The van der Waals surface area contributed by atoms with Crippen molar-refractivity contribution in [1.82, 2.24) is 5.32 Å². The first-order valence-electron chi connectivity index (χ1n) is 6.94. The van der Waals surface area contributed by atoms with Gasteiger partial charge in [-0.25, -0.2) is 0 Å². The summed E-state index contributed by atoms with van der Waals surface area (Å²) < 4.78 is 0. The lowest BCUT2D eigenvalue weighted by atomic mass is 9.95. The van der Waals surface area contributed by atoms with Gasteiger partial charge < -0.3 is 5.32 Å². The third-order valence-corrected chi connectivity index (χ3v) is 4.66. The number of Topliss-reactive ketones (excluding diaryl/α,β-unsaturated/α-hetero) is 1. The zero-order valence-electron chi connectivity index (χ0n) is 11.5. The SMILES string of the molecule is O=C(Cc1cccc(Cl)c1Cl)c1ccc2c(c1)CNCC2. The molecule has 1 N–H and O–H groups in total. The van der Waals surface area contributed by atoms with Gasteiger partial charge in [0, 0.05) is 18.5 Å². The Morgan fingerprint density at radius 1 is 1.14 bits per heavy atom. The Bertz CT molecular complexity index is 697. The average Bonchev–Trinajstić information content (AvgIpc) is 2.51. The summed E-state index contributed by atoms with van der Waals surface area (Å²) in [6.45, 7) is 1.83. The molecule has 0 saturated carbocycles. The summed E-state index contributed by atoms with van der Waals surface area (Å²) in [6, 6.07) is 11.3. The molecule has 0 aliphatic carbocycles. The van der Waals surface area contributed by atoms with Crippen LogP contribution in [0.2, 0.25) is 10.0 Å². The molecular formula is C17H15Cl2NO. The molecular weight excluding hydrogens is 305 g/mol. The van der Waals surface area contributed by atoms with Crippen molar-refractivity contribution >= 4 is 29.0 Å². The maximum absolute atomic E-state index is 12.4. The van der Waals surface area contributed by atoms with Crippen molar-refractivity contribution in [1.29, 1.82) is 0 Å². The molecule has 0 amide bonds. The zero-order valence-corrected chi connectivity index (χ0v) is 13.0. The van der Waals surface area contributed by atoms with Gasteiger partial charge in [-0.2, -0.15) is 0 Å². The van der Waals surface area contributed by atoms with Crippen molar-refractivity contribution < 1.29 is 4.79 Å². The average molecular weight is 320 g/mol. The summed E-state index contributed by atoms with van der Waals surface area (Å²) in [5.41, 5.74) is 4.04. The van der Waals surface area contributed by atoms with Crippen LogP contribution in [0.1, 0.15) is 27.0 Å². The molecule has 3 rings (SSSR count). The van der Waals surface area contributed by atoms with Crippen molar-refractivity contribution in [2.75, 3.05) is 6.54 Å². The molecule has 0 unspecified atom stereocenters. The minimum Gasteiger partial charge on any atom is -0.312 e. The number of nitrogens with one attached hydrogen (secondary N) is 1. The van der Waals surface area contributed by atoms with Gasteiger partial charge in [0.25, 0.3) is 0 Å². The summed E-state index contributed by atoms with van der Waals surface area (Å²) in [5.74, 6) is 0.0625. The van der Waals surface area contributed by atoms with Crippen LogP contribution < -0.4 is 5.32 Å². The highest BCUT2D eigenvalue weighted by Crippen LogP contribution is 2.27. The van der Waals surface area contributed by atoms with Crippen molar-refractivity contribution in [3.63, 3.8) is 0 Å². The second-order valence-electron chi connectivity index (χ2n) is 5.22. The van der Waals surface area contributed by atoms with Crippen LogP contribution in [-0.2, 0) is 19.4 Å². The van der Waals surface area contributed by atoms with Gasteiger partial charge in [0.1, 0.15) is 0 Å². The van der Waals surface area contributed by atoms with Gasteiger partial charge in [-0.3, -0.25) is 4.79 Å².